The second-order valence-electron chi connectivity index (χ2n) is 4.90. The van der Waals surface area contributed by atoms with Gasteiger partial charge in [-0.25, -0.2) is 4.79 Å². The number of hydrogen-bond acceptors (Lipinski definition) is 4. The molecule has 0 saturated carbocycles. The molecule has 0 aliphatic rings. The number of rotatable bonds is 3. The highest BCUT2D eigenvalue weighted by Crippen LogP contribution is 2.29. The first-order chi connectivity index (χ1) is 10.7. The summed E-state index contributed by atoms with van der Waals surface area (Å²) in [5, 5.41) is 2.23. The molecule has 1 heterocycles. The highest BCUT2D eigenvalue weighted by Gasteiger charge is 2.13. The molecule has 0 aliphatic carbocycles. The van der Waals surface area contributed by atoms with E-state index in [4.69, 9.17) is 10.5 Å². The van der Waals surface area contributed by atoms with E-state index in [0.29, 0.717) is 17.9 Å². The van der Waals surface area contributed by atoms with Crippen LogP contribution in [0.25, 0.3) is 22.0 Å². The van der Waals surface area contributed by atoms with Gasteiger partial charge in [0.05, 0.1) is 12.3 Å². The molecule has 4 nitrogen and oxygen atoms in total. The maximum atomic E-state index is 11.8. The molecule has 0 spiro atoms. The number of fused-ring (bicyclic) bond motifs is 1. The van der Waals surface area contributed by atoms with E-state index in [2.05, 4.69) is 17.1 Å². The number of nitrogens with zero attached hydrogens (tertiary/aromatic N) is 1. The average Bonchev–Trinajstić information content (AvgIpc) is 2.54. The van der Waals surface area contributed by atoms with Crippen LogP contribution in [0, 0.1) is 0 Å². The van der Waals surface area contributed by atoms with Crippen molar-refractivity contribution in [3.63, 3.8) is 0 Å². The second-order valence-corrected chi connectivity index (χ2v) is 4.90. The summed E-state index contributed by atoms with van der Waals surface area (Å²) >= 11 is 0. The van der Waals surface area contributed by atoms with Crippen molar-refractivity contribution in [1.29, 1.82) is 0 Å². The molecular formula is C18H16N2O2. The number of benzene rings is 2. The molecule has 0 radical (unpaired) electrons. The van der Waals surface area contributed by atoms with Gasteiger partial charge in [0, 0.05) is 17.4 Å². The van der Waals surface area contributed by atoms with Gasteiger partial charge in [0.25, 0.3) is 0 Å². The number of ether oxygens (including phenoxy) is 1. The molecule has 3 aromatic rings. The summed E-state index contributed by atoms with van der Waals surface area (Å²) in [5.74, 6) is -0.447. The molecule has 0 unspecified atom stereocenters. The predicted molar refractivity (Wildman–Crippen MR) is 87.5 cm³/mol. The summed E-state index contributed by atoms with van der Waals surface area (Å²) in [6.45, 7) is 2.06. The maximum Gasteiger partial charge on any atom is 0.341 e. The summed E-state index contributed by atoms with van der Waals surface area (Å²) < 4.78 is 4.97. The Morgan fingerprint density at radius 1 is 1.18 bits per heavy atom. The summed E-state index contributed by atoms with van der Waals surface area (Å²) in [7, 11) is 0. The minimum absolute atomic E-state index is 0.297. The monoisotopic (exact) mass is 292 g/mol. The van der Waals surface area contributed by atoms with Crippen LogP contribution < -0.4 is 5.73 Å². The Bertz CT molecular complexity index is 838. The first-order valence-electron chi connectivity index (χ1n) is 7.11. The first kappa shape index (κ1) is 14.1. The summed E-state index contributed by atoms with van der Waals surface area (Å²) in [6, 6.07) is 15.8. The molecule has 0 saturated heterocycles. The lowest BCUT2D eigenvalue weighted by atomic mass is 10.0. The largest absolute Gasteiger partial charge is 0.462 e. The Kier molecular flexibility index (Phi) is 3.74. The van der Waals surface area contributed by atoms with Gasteiger partial charge < -0.3 is 10.5 Å². The quantitative estimate of drug-likeness (QED) is 0.748. The lowest BCUT2D eigenvalue weighted by Crippen LogP contribution is -2.08. The molecule has 0 atom stereocenters. The van der Waals surface area contributed by atoms with E-state index >= 15 is 0 Å². The molecule has 22 heavy (non-hydrogen) atoms. The minimum Gasteiger partial charge on any atom is -0.462 e. The Morgan fingerprint density at radius 3 is 2.73 bits per heavy atom. The number of carbonyl (C=O) groups is 1. The van der Waals surface area contributed by atoms with Gasteiger partial charge in [-0.1, -0.05) is 42.5 Å². The van der Waals surface area contributed by atoms with Crippen LogP contribution >= 0.6 is 0 Å². The van der Waals surface area contributed by atoms with Gasteiger partial charge in [-0.05, 0) is 23.8 Å². The van der Waals surface area contributed by atoms with Crippen LogP contribution in [0.1, 0.15) is 17.3 Å². The van der Waals surface area contributed by atoms with Crippen LogP contribution in [0.2, 0.25) is 0 Å². The van der Waals surface area contributed by atoms with Crippen LogP contribution in [-0.2, 0) is 4.74 Å². The molecule has 4 heteroatoms. The van der Waals surface area contributed by atoms with Crippen molar-refractivity contribution >= 4 is 22.4 Å². The maximum absolute atomic E-state index is 11.8. The van der Waals surface area contributed by atoms with E-state index < -0.39 is 5.97 Å². The Labute approximate surface area is 128 Å². The topological polar surface area (TPSA) is 65.2 Å². The smallest absolute Gasteiger partial charge is 0.341 e. The SMILES string of the molecule is CCOC(=O)c1cnc(-c2cccc3ccccc23)cc1N. The van der Waals surface area contributed by atoms with Crippen LogP contribution in [0.5, 0.6) is 0 Å². The second kappa shape index (κ2) is 5.85. The number of carbonyl (C=O) groups excluding carboxylic acids is 1. The Morgan fingerprint density at radius 2 is 1.95 bits per heavy atom. The van der Waals surface area contributed by atoms with Crippen molar-refractivity contribution in [2.75, 3.05) is 12.3 Å². The van der Waals surface area contributed by atoms with Crippen LogP contribution in [0.15, 0.2) is 54.7 Å². The number of anilines is 1. The summed E-state index contributed by atoms with van der Waals surface area (Å²) in [4.78, 5) is 16.2. The van der Waals surface area contributed by atoms with Gasteiger partial charge in [0.1, 0.15) is 5.56 Å². The Hall–Kier alpha value is -2.88. The first-order valence-corrected chi connectivity index (χ1v) is 7.11. The van der Waals surface area contributed by atoms with E-state index in [-0.39, 0.29) is 0 Å². The normalized spacial score (nSPS) is 10.6. The third kappa shape index (κ3) is 2.51. The van der Waals surface area contributed by atoms with Crippen molar-refractivity contribution in [2.24, 2.45) is 0 Å². The van der Waals surface area contributed by atoms with Crippen LogP contribution in [0.3, 0.4) is 0 Å². The molecule has 2 aromatic carbocycles. The van der Waals surface area contributed by atoms with Gasteiger partial charge in [0.15, 0.2) is 0 Å². The van der Waals surface area contributed by atoms with E-state index in [0.717, 1.165) is 22.0 Å². The molecule has 0 aliphatic heterocycles. The standard InChI is InChI=1S/C18H16N2O2/c1-2-22-18(21)15-11-20-17(10-16(15)19)14-9-5-7-12-6-3-4-8-13(12)14/h3-11H,2H2,1H3,(H2,19,20). The van der Waals surface area contributed by atoms with Gasteiger partial charge in [-0.2, -0.15) is 0 Å². The lowest BCUT2D eigenvalue weighted by molar-refractivity contribution is 0.0527. The molecule has 110 valence electrons. The zero-order valence-electron chi connectivity index (χ0n) is 12.2. The van der Waals surface area contributed by atoms with Crippen LogP contribution in [0.4, 0.5) is 5.69 Å². The number of aromatic nitrogens is 1. The molecule has 3 rings (SSSR count). The third-order valence-electron chi connectivity index (χ3n) is 3.50. The van der Waals surface area contributed by atoms with E-state index in [9.17, 15) is 4.79 Å². The van der Waals surface area contributed by atoms with Crippen molar-refractivity contribution in [2.45, 2.75) is 6.92 Å². The zero-order chi connectivity index (χ0) is 15.5. The van der Waals surface area contributed by atoms with Crippen molar-refractivity contribution in [3.05, 3.63) is 60.3 Å². The number of hydrogen-bond donors (Lipinski definition) is 1. The molecule has 1 aromatic heterocycles. The fraction of sp³-hybridized carbons (Fsp3) is 0.111. The molecule has 2 N–H and O–H groups in total. The van der Waals surface area contributed by atoms with Gasteiger partial charge in [-0.15, -0.1) is 0 Å². The van der Waals surface area contributed by atoms with Crippen molar-refractivity contribution in [3.8, 4) is 11.3 Å². The van der Waals surface area contributed by atoms with Gasteiger partial charge >= 0.3 is 5.97 Å². The number of esters is 1. The van der Waals surface area contributed by atoms with E-state index in [1.54, 1.807) is 13.0 Å². The lowest BCUT2D eigenvalue weighted by Gasteiger charge is -2.09. The molecular weight excluding hydrogens is 276 g/mol. The fourth-order valence-corrected chi connectivity index (χ4v) is 2.45. The number of pyridine rings is 1. The van der Waals surface area contributed by atoms with Crippen LogP contribution in [-0.4, -0.2) is 17.6 Å². The number of nitrogen functional groups attached to an aromatic ring is 1. The Balaban J connectivity index is 2.09. The number of nitrogens with two attached hydrogens (primary N) is 1. The van der Waals surface area contributed by atoms with E-state index in [1.165, 1.54) is 6.20 Å². The predicted octanol–water partition coefficient (Wildman–Crippen LogP) is 3.66. The van der Waals surface area contributed by atoms with Crippen molar-refractivity contribution in [1.82, 2.24) is 4.98 Å². The zero-order valence-corrected chi connectivity index (χ0v) is 12.2. The summed E-state index contributed by atoms with van der Waals surface area (Å²) in [6.07, 6.45) is 1.48. The van der Waals surface area contributed by atoms with Gasteiger partial charge in [-0.3, -0.25) is 4.98 Å². The van der Waals surface area contributed by atoms with E-state index in [1.807, 2.05) is 30.3 Å². The van der Waals surface area contributed by atoms with Gasteiger partial charge in [0.2, 0.25) is 0 Å². The highest BCUT2D eigenvalue weighted by molar-refractivity contribution is 5.98. The third-order valence-corrected chi connectivity index (χ3v) is 3.50. The summed E-state index contributed by atoms with van der Waals surface area (Å²) in [5.41, 5.74) is 8.39. The molecule has 0 bridgehead atoms. The average molecular weight is 292 g/mol. The molecule has 0 amide bonds. The highest BCUT2D eigenvalue weighted by atomic mass is 16.5. The molecule has 0 fully saturated rings. The van der Waals surface area contributed by atoms with Crippen molar-refractivity contribution < 1.29 is 9.53 Å². The fourth-order valence-electron chi connectivity index (χ4n) is 2.45. The minimum atomic E-state index is -0.447.